The number of aromatic nitrogens is 1. The number of ketones is 2. The Morgan fingerprint density at radius 3 is 2.54 bits per heavy atom. The molecule has 5 nitrogen and oxygen atoms in total. The Labute approximate surface area is 163 Å². The minimum absolute atomic E-state index is 0.0583. The molecular formula is C23H22N2O3. The van der Waals surface area contributed by atoms with E-state index in [1.54, 1.807) is 12.4 Å². The molecule has 1 aromatic carbocycles. The van der Waals surface area contributed by atoms with Crippen molar-refractivity contribution in [1.82, 2.24) is 10.3 Å². The van der Waals surface area contributed by atoms with Crippen molar-refractivity contribution in [3.05, 3.63) is 65.0 Å². The highest BCUT2D eigenvalue weighted by molar-refractivity contribution is 6.31. The number of nitrogens with zero attached hydrogens (tertiary/aromatic N) is 1. The lowest BCUT2D eigenvalue weighted by Gasteiger charge is -2.27. The van der Waals surface area contributed by atoms with E-state index in [0.717, 1.165) is 54.6 Å². The van der Waals surface area contributed by atoms with Gasteiger partial charge in [0, 0.05) is 35.9 Å². The number of benzene rings is 1. The zero-order valence-electron chi connectivity index (χ0n) is 15.6. The predicted molar refractivity (Wildman–Crippen MR) is 106 cm³/mol. The molecule has 2 aliphatic heterocycles. The number of aryl methyl sites for hydroxylation is 1. The molecule has 1 fully saturated rings. The van der Waals surface area contributed by atoms with Gasteiger partial charge >= 0.3 is 0 Å². The van der Waals surface area contributed by atoms with Crippen molar-refractivity contribution in [2.45, 2.75) is 31.8 Å². The molecule has 3 heterocycles. The third-order valence-electron chi connectivity index (χ3n) is 6.05. The normalized spacial score (nSPS) is 22.5. The van der Waals surface area contributed by atoms with Crippen LogP contribution >= 0.6 is 0 Å². The molecule has 1 unspecified atom stereocenters. The SMILES string of the molecule is O=C1CCc2cc(C3=C(c4ccncc4)OC(C4CCNCC4)C3=O)ccc21. The van der Waals surface area contributed by atoms with Crippen molar-refractivity contribution in [1.29, 1.82) is 0 Å². The Morgan fingerprint density at radius 1 is 0.964 bits per heavy atom. The molecule has 0 saturated carbocycles. The quantitative estimate of drug-likeness (QED) is 0.894. The largest absolute Gasteiger partial charge is 0.481 e. The minimum atomic E-state index is -0.435. The summed E-state index contributed by atoms with van der Waals surface area (Å²) in [6.07, 6.45) is 6.16. The van der Waals surface area contributed by atoms with Crippen molar-refractivity contribution >= 4 is 22.9 Å². The van der Waals surface area contributed by atoms with E-state index in [2.05, 4.69) is 10.3 Å². The number of hydrogen-bond donors (Lipinski definition) is 1. The first kappa shape index (κ1) is 17.3. The van der Waals surface area contributed by atoms with Gasteiger partial charge in [-0.15, -0.1) is 0 Å². The van der Waals surface area contributed by atoms with Gasteiger partial charge in [-0.2, -0.15) is 0 Å². The van der Waals surface area contributed by atoms with Crippen LogP contribution in [-0.4, -0.2) is 35.7 Å². The summed E-state index contributed by atoms with van der Waals surface area (Å²) in [6.45, 7) is 1.83. The van der Waals surface area contributed by atoms with Gasteiger partial charge in [-0.3, -0.25) is 14.6 Å². The minimum Gasteiger partial charge on any atom is -0.481 e. The number of rotatable bonds is 3. The lowest BCUT2D eigenvalue weighted by Crippen LogP contribution is -2.37. The van der Waals surface area contributed by atoms with E-state index >= 15 is 0 Å². The van der Waals surface area contributed by atoms with E-state index in [4.69, 9.17) is 4.74 Å². The molecule has 5 rings (SSSR count). The maximum atomic E-state index is 13.5. The molecule has 2 aromatic rings. The molecule has 1 N–H and O–H groups in total. The van der Waals surface area contributed by atoms with Gasteiger partial charge in [0.2, 0.25) is 5.78 Å². The highest BCUT2D eigenvalue weighted by atomic mass is 16.5. The van der Waals surface area contributed by atoms with Crippen molar-refractivity contribution < 1.29 is 14.3 Å². The van der Waals surface area contributed by atoms with E-state index < -0.39 is 6.10 Å². The van der Waals surface area contributed by atoms with Crippen LogP contribution in [0.4, 0.5) is 0 Å². The molecule has 1 aromatic heterocycles. The van der Waals surface area contributed by atoms with Gasteiger partial charge in [-0.25, -0.2) is 0 Å². The van der Waals surface area contributed by atoms with Gasteiger partial charge in [0.1, 0.15) is 5.76 Å². The Hall–Kier alpha value is -2.79. The Bertz CT molecular complexity index is 975. The van der Waals surface area contributed by atoms with Crippen LogP contribution in [0.25, 0.3) is 11.3 Å². The van der Waals surface area contributed by atoms with Gasteiger partial charge in [0.05, 0.1) is 5.57 Å². The number of carbonyl (C=O) groups is 2. The van der Waals surface area contributed by atoms with Crippen molar-refractivity contribution in [2.75, 3.05) is 13.1 Å². The summed E-state index contributed by atoms with van der Waals surface area (Å²) < 4.78 is 6.31. The Kier molecular flexibility index (Phi) is 4.32. The number of fused-ring (bicyclic) bond motifs is 1. The number of nitrogens with one attached hydrogen (secondary N) is 1. The van der Waals surface area contributed by atoms with E-state index in [9.17, 15) is 9.59 Å². The zero-order chi connectivity index (χ0) is 19.1. The molecule has 3 aliphatic rings. The van der Waals surface area contributed by atoms with E-state index in [-0.39, 0.29) is 17.5 Å². The van der Waals surface area contributed by atoms with E-state index in [0.29, 0.717) is 17.8 Å². The molecule has 0 amide bonds. The summed E-state index contributed by atoms with van der Waals surface area (Å²) >= 11 is 0. The molecule has 1 saturated heterocycles. The summed E-state index contributed by atoms with van der Waals surface area (Å²) in [5.74, 6) is 1.11. The topological polar surface area (TPSA) is 68.3 Å². The fraction of sp³-hybridized carbons (Fsp3) is 0.348. The predicted octanol–water partition coefficient (Wildman–Crippen LogP) is 3.05. The van der Waals surface area contributed by atoms with Crippen molar-refractivity contribution in [2.24, 2.45) is 5.92 Å². The average molecular weight is 374 g/mol. The Morgan fingerprint density at radius 2 is 1.75 bits per heavy atom. The second-order valence-corrected chi connectivity index (χ2v) is 7.73. The lowest BCUT2D eigenvalue weighted by atomic mass is 9.86. The average Bonchev–Trinajstić information content (AvgIpc) is 3.29. The molecule has 1 aliphatic carbocycles. The summed E-state index contributed by atoms with van der Waals surface area (Å²) in [4.78, 5) is 29.5. The number of hydrogen-bond acceptors (Lipinski definition) is 5. The molecule has 1 atom stereocenters. The van der Waals surface area contributed by atoms with Crippen LogP contribution in [0.5, 0.6) is 0 Å². The van der Waals surface area contributed by atoms with Crippen molar-refractivity contribution in [3.8, 4) is 0 Å². The van der Waals surface area contributed by atoms with Crippen molar-refractivity contribution in [3.63, 3.8) is 0 Å². The summed E-state index contributed by atoms with van der Waals surface area (Å²) in [5.41, 5.74) is 4.17. The first-order valence-corrected chi connectivity index (χ1v) is 9.95. The molecule has 28 heavy (non-hydrogen) atoms. The van der Waals surface area contributed by atoms with E-state index in [1.807, 2.05) is 30.3 Å². The number of piperidine rings is 1. The maximum absolute atomic E-state index is 13.5. The third-order valence-corrected chi connectivity index (χ3v) is 6.05. The number of pyridine rings is 1. The standard InChI is InChI=1S/C23H22N2O3/c26-19-4-2-16-13-17(1-3-18(16)19)20-21(27)23(15-7-11-25-12-8-15)28-22(20)14-5-9-24-10-6-14/h1,3,5-6,9-10,13,15,23,25H,2,4,7-8,11-12H2. The fourth-order valence-corrected chi connectivity index (χ4v) is 4.55. The van der Waals surface area contributed by atoms with Gasteiger partial charge in [-0.05, 0) is 55.6 Å². The molecule has 0 spiro atoms. The first-order valence-electron chi connectivity index (χ1n) is 9.95. The monoisotopic (exact) mass is 374 g/mol. The van der Waals surface area contributed by atoms with Crippen LogP contribution in [-0.2, 0) is 16.0 Å². The lowest BCUT2D eigenvalue weighted by molar-refractivity contribution is -0.122. The molecular weight excluding hydrogens is 352 g/mol. The second kappa shape index (κ2) is 6.99. The number of carbonyl (C=O) groups excluding carboxylic acids is 2. The fourth-order valence-electron chi connectivity index (χ4n) is 4.55. The number of ether oxygens (including phenoxy) is 1. The van der Waals surface area contributed by atoms with Crippen LogP contribution in [0.1, 0.15) is 46.3 Å². The third kappa shape index (κ3) is 2.87. The van der Waals surface area contributed by atoms with Crippen LogP contribution in [0, 0.1) is 5.92 Å². The van der Waals surface area contributed by atoms with Gasteiger partial charge in [0.25, 0.3) is 0 Å². The number of Topliss-reactive ketones (excluding diaryl/α,β-unsaturated/α-hetero) is 2. The van der Waals surface area contributed by atoms with E-state index in [1.165, 1.54) is 0 Å². The molecule has 0 bridgehead atoms. The smallest absolute Gasteiger partial charge is 0.207 e. The second-order valence-electron chi connectivity index (χ2n) is 7.73. The summed E-state index contributed by atoms with van der Waals surface area (Å²) in [6, 6.07) is 9.52. The summed E-state index contributed by atoms with van der Waals surface area (Å²) in [7, 11) is 0. The van der Waals surface area contributed by atoms with Crippen LogP contribution in [0.3, 0.4) is 0 Å². The highest BCUT2D eigenvalue weighted by Gasteiger charge is 2.41. The van der Waals surface area contributed by atoms with Gasteiger partial charge < -0.3 is 10.1 Å². The maximum Gasteiger partial charge on any atom is 0.207 e. The summed E-state index contributed by atoms with van der Waals surface area (Å²) in [5, 5.41) is 3.35. The van der Waals surface area contributed by atoms with Crippen LogP contribution < -0.4 is 5.32 Å². The Balaban J connectivity index is 1.58. The molecule has 142 valence electrons. The van der Waals surface area contributed by atoms with Gasteiger partial charge in [-0.1, -0.05) is 18.2 Å². The first-order chi connectivity index (χ1) is 13.7. The van der Waals surface area contributed by atoms with Crippen LogP contribution in [0.15, 0.2) is 42.7 Å². The van der Waals surface area contributed by atoms with Crippen LogP contribution in [0.2, 0.25) is 0 Å². The molecule has 0 radical (unpaired) electrons. The highest BCUT2D eigenvalue weighted by Crippen LogP contribution is 2.41. The zero-order valence-corrected chi connectivity index (χ0v) is 15.6. The van der Waals surface area contributed by atoms with Gasteiger partial charge in [0.15, 0.2) is 11.9 Å². The molecule has 5 heteroatoms.